The number of alkyl halides is 1. The lowest BCUT2D eigenvalue weighted by Gasteiger charge is -2.17. The third kappa shape index (κ3) is 6.37. The lowest BCUT2D eigenvalue weighted by atomic mass is 10.0. The third-order valence-electron chi connectivity index (χ3n) is 5.40. The summed E-state index contributed by atoms with van der Waals surface area (Å²) in [6.07, 6.45) is 1.39. The zero-order valence-corrected chi connectivity index (χ0v) is 20.1. The number of halogens is 2. The quantitative estimate of drug-likeness (QED) is 0.124. The van der Waals surface area contributed by atoms with Gasteiger partial charge in [-0.2, -0.15) is 0 Å². The minimum Gasteiger partial charge on any atom is -0.386 e. The smallest absolute Gasteiger partial charge is 0.251 e. The molecule has 4 rings (SSSR count). The molecule has 4 aromatic rings. The van der Waals surface area contributed by atoms with Gasteiger partial charge >= 0.3 is 0 Å². The summed E-state index contributed by atoms with van der Waals surface area (Å²) in [5.74, 6) is 1.20. The van der Waals surface area contributed by atoms with Gasteiger partial charge in [-0.1, -0.05) is 54.6 Å². The second kappa shape index (κ2) is 12.2. The Morgan fingerprint density at radius 1 is 1.00 bits per heavy atom. The van der Waals surface area contributed by atoms with Gasteiger partial charge in [0.2, 0.25) is 0 Å². The number of nitrogens with one attached hydrogen (secondary N) is 2. The number of nitrogens with two attached hydrogens (primary N) is 1. The monoisotopic (exact) mass is 495 g/mol. The van der Waals surface area contributed by atoms with Crippen LogP contribution < -0.4 is 11.1 Å². The summed E-state index contributed by atoms with van der Waals surface area (Å²) in [6, 6.07) is 25.2. The summed E-state index contributed by atoms with van der Waals surface area (Å²) < 4.78 is 0. The molecule has 4 N–H and O–H groups in total. The molecule has 0 aliphatic rings. The summed E-state index contributed by atoms with van der Waals surface area (Å²) in [5, 5.41) is 3.13. The van der Waals surface area contributed by atoms with E-state index >= 15 is 0 Å². The molecule has 1 unspecified atom stereocenters. The molecule has 3 aromatic carbocycles. The number of aromatic amines is 1. The van der Waals surface area contributed by atoms with Crippen LogP contribution in [0.15, 0.2) is 83.9 Å². The van der Waals surface area contributed by atoms with Crippen molar-refractivity contribution in [1.29, 1.82) is 0 Å². The van der Waals surface area contributed by atoms with Crippen LogP contribution in [0.5, 0.6) is 0 Å². The molecular formula is C26H27Cl2N5O. The standard InChI is InChI=1S/C26H26ClN5O.ClH/c27-17-24(28)29-16-6-11-23(25-30-21-9-4-5-10-22(21)31-25)32-26(33)20-14-12-19(13-15-20)18-7-2-1-3-8-18;/h1-5,7-10,12-15,23H,6,11,16-17H2,(H2,28,29)(H,30,31)(H,32,33);1H. The molecule has 0 saturated heterocycles. The average molecular weight is 496 g/mol. The number of nitrogens with zero attached hydrogens (tertiary/aromatic N) is 2. The Labute approximate surface area is 210 Å². The van der Waals surface area contributed by atoms with E-state index in [1.54, 1.807) is 0 Å². The van der Waals surface area contributed by atoms with Gasteiger partial charge in [-0.05, 0) is 48.2 Å². The third-order valence-corrected chi connectivity index (χ3v) is 5.67. The Morgan fingerprint density at radius 3 is 2.38 bits per heavy atom. The second-order valence-electron chi connectivity index (χ2n) is 7.76. The maximum absolute atomic E-state index is 13.1. The molecule has 8 heteroatoms. The van der Waals surface area contributed by atoms with Crippen molar-refractivity contribution in [1.82, 2.24) is 15.3 Å². The topological polar surface area (TPSA) is 96.2 Å². The minimum absolute atomic E-state index is 0. The van der Waals surface area contributed by atoms with Gasteiger partial charge in [-0.3, -0.25) is 9.79 Å². The molecule has 0 aliphatic heterocycles. The van der Waals surface area contributed by atoms with Gasteiger partial charge in [0, 0.05) is 12.1 Å². The Morgan fingerprint density at radius 2 is 1.68 bits per heavy atom. The predicted octanol–water partition coefficient (Wildman–Crippen LogP) is 5.50. The van der Waals surface area contributed by atoms with Crippen molar-refractivity contribution in [3.63, 3.8) is 0 Å². The van der Waals surface area contributed by atoms with Crippen molar-refractivity contribution in [2.45, 2.75) is 18.9 Å². The van der Waals surface area contributed by atoms with Gasteiger partial charge in [0.15, 0.2) is 0 Å². The van der Waals surface area contributed by atoms with Crippen LogP contribution in [0, 0.1) is 0 Å². The second-order valence-corrected chi connectivity index (χ2v) is 8.02. The number of amides is 1. The van der Waals surface area contributed by atoms with E-state index in [1.165, 1.54) is 0 Å². The van der Waals surface area contributed by atoms with Crippen LogP contribution in [0.2, 0.25) is 0 Å². The molecule has 1 heterocycles. The van der Waals surface area contributed by atoms with Crippen molar-refractivity contribution in [3.8, 4) is 11.1 Å². The van der Waals surface area contributed by atoms with Gasteiger partial charge in [0.1, 0.15) is 11.7 Å². The number of para-hydroxylation sites is 2. The summed E-state index contributed by atoms with van der Waals surface area (Å²) >= 11 is 5.69. The SMILES string of the molecule is Cl.NC(CCl)=NCCCC(NC(=O)c1ccc(-c2ccccc2)cc1)c1nc2ccccc2[nH]1. The number of aromatic nitrogens is 2. The summed E-state index contributed by atoms with van der Waals surface area (Å²) in [4.78, 5) is 25.3. The fourth-order valence-corrected chi connectivity index (χ4v) is 3.75. The number of rotatable bonds is 9. The van der Waals surface area contributed by atoms with Crippen molar-refractivity contribution in [2.24, 2.45) is 10.7 Å². The number of H-pyrrole nitrogens is 1. The zero-order chi connectivity index (χ0) is 23.0. The zero-order valence-electron chi connectivity index (χ0n) is 18.6. The van der Waals surface area contributed by atoms with Gasteiger partial charge in [0.05, 0.1) is 23.0 Å². The van der Waals surface area contributed by atoms with E-state index in [-0.39, 0.29) is 30.2 Å². The molecule has 0 bridgehead atoms. The van der Waals surface area contributed by atoms with Crippen LogP contribution in [0.25, 0.3) is 22.2 Å². The maximum Gasteiger partial charge on any atom is 0.251 e. The van der Waals surface area contributed by atoms with E-state index in [4.69, 9.17) is 22.3 Å². The Kier molecular flexibility index (Phi) is 9.08. The molecule has 0 spiro atoms. The van der Waals surface area contributed by atoms with E-state index < -0.39 is 0 Å². The largest absolute Gasteiger partial charge is 0.386 e. The van der Waals surface area contributed by atoms with Crippen molar-refractivity contribution >= 4 is 46.8 Å². The highest BCUT2D eigenvalue weighted by Gasteiger charge is 2.19. The number of carbonyl (C=O) groups is 1. The minimum atomic E-state index is -0.286. The van der Waals surface area contributed by atoms with Gasteiger partial charge in [0.25, 0.3) is 5.91 Å². The first-order valence-electron chi connectivity index (χ1n) is 10.9. The Hall–Kier alpha value is -3.35. The predicted molar refractivity (Wildman–Crippen MR) is 142 cm³/mol. The van der Waals surface area contributed by atoms with E-state index in [0.717, 1.165) is 34.4 Å². The van der Waals surface area contributed by atoms with E-state index in [0.29, 0.717) is 24.4 Å². The normalized spacial score (nSPS) is 12.2. The van der Waals surface area contributed by atoms with Crippen molar-refractivity contribution in [3.05, 3.63) is 90.3 Å². The highest BCUT2D eigenvalue weighted by Crippen LogP contribution is 2.22. The molecule has 1 aromatic heterocycles. The van der Waals surface area contributed by atoms with E-state index in [2.05, 4.69) is 15.3 Å². The number of aliphatic imine (C=N–C) groups is 1. The lowest BCUT2D eigenvalue weighted by molar-refractivity contribution is 0.0932. The number of imidazole rings is 1. The maximum atomic E-state index is 13.1. The van der Waals surface area contributed by atoms with Crippen molar-refractivity contribution in [2.75, 3.05) is 12.4 Å². The molecular weight excluding hydrogens is 469 g/mol. The summed E-state index contributed by atoms with van der Waals surface area (Å²) in [5.41, 5.74) is 10.3. The van der Waals surface area contributed by atoms with Crippen molar-refractivity contribution < 1.29 is 4.79 Å². The number of hydrogen-bond acceptors (Lipinski definition) is 3. The Balaban J connectivity index is 0.00000324. The van der Waals surface area contributed by atoms with Gasteiger partial charge < -0.3 is 16.0 Å². The lowest BCUT2D eigenvalue weighted by Crippen LogP contribution is -2.29. The molecule has 0 fully saturated rings. The van der Waals surface area contributed by atoms with Crippen LogP contribution in [0.3, 0.4) is 0 Å². The molecule has 6 nitrogen and oxygen atoms in total. The fraction of sp³-hybridized carbons (Fsp3) is 0.192. The highest BCUT2D eigenvalue weighted by molar-refractivity contribution is 6.27. The van der Waals surface area contributed by atoms with E-state index in [1.807, 2.05) is 78.9 Å². The first-order valence-corrected chi connectivity index (χ1v) is 11.4. The molecule has 1 atom stereocenters. The number of fused-ring (bicyclic) bond motifs is 1. The van der Waals surface area contributed by atoms with Crippen LogP contribution in [0.1, 0.15) is 35.1 Å². The number of hydrogen-bond donors (Lipinski definition) is 3. The summed E-state index contributed by atoms with van der Waals surface area (Å²) in [7, 11) is 0. The molecule has 0 aliphatic carbocycles. The molecule has 176 valence electrons. The average Bonchev–Trinajstić information content (AvgIpc) is 3.30. The Bertz CT molecular complexity index is 1210. The van der Waals surface area contributed by atoms with Crippen LogP contribution in [0.4, 0.5) is 0 Å². The molecule has 0 saturated carbocycles. The molecule has 34 heavy (non-hydrogen) atoms. The van der Waals surface area contributed by atoms with Crippen LogP contribution in [-0.4, -0.2) is 34.1 Å². The molecule has 1 amide bonds. The van der Waals surface area contributed by atoms with Crippen LogP contribution in [-0.2, 0) is 0 Å². The van der Waals surface area contributed by atoms with Gasteiger partial charge in [-0.25, -0.2) is 4.98 Å². The number of amidine groups is 1. The number of carbonyl (C=O) groups excluding carboxylic acids is 1. The van der Waals surface area contributed by atoms with E-state index in [9.17, 15) is 4.79 Å². The van der Waals surface area contributed by atoms with Gasteiger partial charge in [-0.15, -0.1) is 24.0 Å². The molecule has 0 radical (unpaired) electrons. The first kappa shape index (κ1) is 25.3. The highest BCUT2D eigenvalue weighted by atomic mass is 35.5. The fourth-order valence-electron chi connectivity index (χ4n) is 3.66. The first-order chi connectivity index (χ1) is 16.1. The summed E-state index contributed by atoms with van der Waals surface area (Å²) in [6.45, 7) is 0.539. The number of benzene rings is 3. The van der Waals surface area contributed by atoms with Crippen LogP contribution >= 0.6 is 24.0 Å².